The van der Waals surface area contributed by atoms with Crippen LogP contribution in [-0.4, -0.2) is 32.9 Å². The lowest BCUT2D eigenvalue weighted by Crippen LogP contribution is -2.06. The van der Waals surface area contributed by atoms with Gasteiger partial charge < -0.3 is 18.6 Å². The van der Waals surface area contributed by atoms with Gasteiger partial charge in [-0.15, -0.1) is 0 Å². The Hall–Kier alpha value is -2.53. The van der Waals surface area contributed by atoms with Crippen LogP contribution in [0.25, 0.3) is 21.7 Å². The van der Waals surface area contributed by atoms with E-state index in [9.17, 15) is 4.79 Å². The van der Waals surface area contributed by atoms with E-state index < -0.39 is 0 Å². The summed E-state index contributed by atoms with van der Waals surface area (Å²) in [6, 6.07) is 9.88. The molecule has 0 spiro atoms. The highest BCUT2D eigenvalue weighted by Crippen LogP contribution is 2.29. The molecule has 3 aromatic rings. The first kappa shape index (κ1) is 16.3. The Morgan fingerprint density at radius 3 is 2.79 bits per heavy atom. The van der Waals surface area contributed by atoms with Crippen LogP contribution in [0.2, 0.25) is 0 Å². The molecule has 5 nitrogen and oxygen atoms in total. The van der Waals surface area contributed by atoms with E-state index in [1.54, 1.807) is 20.3 Å². The van der Waals surface area contributed by atoms with Gasteiger partial charge in [0.1, 0.15) is 17.9 Å². The molecule has 0 aliphatic rings. The van der Waals surface area contributed by atoms with Gasteiger partial charge in [-0.25, -0.2) is 0 Å². The van der Waals surface area contributed by atoms with E-state index in [1.165, 1.54) is 0 Å². The molecule has 0 aliphatic carbocycles. The van der Waals surface area contributed by atoms with Crippen molar-refractivity contribution in [2.75, 3.05) is 26.9 Å². The second-order valence-electron chi connectivity index (χ2n) is 5.44. The third kappa shape index (κ3) is 3.51. The Labute approximate surface area is 140 Å². The minimum atomic E-state index is -0.253. The summed E-state index contributed by atoms with van der Waals surface area (Å²) in [4.78, 5) is 11.7. The summed E-state index contributed by atoms with van der Waals surface area (Å²) < 4.78 is 21.2. The molecule has 1 aromatic heterocycles. The monoisotopic (exact) mass is 328 g/mol. The molecule has 126 valence electrons. The fraction of sp³-hybridized carbons (Fsp3) is 0.316. The summed E-state index contributed by atoms with van der Waals surface area (Å²) in [5, 5.41) is 3.01. The fourth-order valence-electron chi connectivity index (χ4n) is 2.64. The minimum absolute atomic E-state index is 0.205. The van der Waals surface area contributed by atoms with Gasteiger partial charge in [-0.2, -0.15) is 0 Å². The molecule has 0 radical (unpaired) electrons. The summed E-state index contributed by atoms with van der Waals surface area (Å²) >= 11 is 0. The van der Waals surface area contributed by atoms with Crippen molar-refractivity contribution in [3.63, 3.8) is 0 Å². The van der Waals surface area contributed by atoms with E-state index in [4.69, 9.17) is 18.6 Å². The standard InChI is InChI=1S/C19H20O5/c1-3-22-19(20)11-15-12-24-18-10-13-4-5-16(23-7-6-21-2)8-14(13)9-17(15)18/h4-5,8-10,12H,3,6-7,11H2,1-2H3. The molecule has 24 heavy (non-hydrogen) atoms. The Kier molecular flexibility index (Phi) is 5.01. The van der Waals surface area contributed by atoms with Crippen LogP contribution >= 0.6 is 0 Å². The second-order valence-corrected chi connectivity index (χ2v) is 5.44. The first-order chi connectivity index (χ1) is 11.7. The van der Waals surface area contributed by atoms with Crippen LogP contribution in [0.1, 0.15) is 12.5 Å². The van der Waals surface area contributed by atoms with Crippen molar-refractivity contribution < 1.29 is 23.4 Å². The largest absolute Gasteiger partial charge is 0.491 e. The average molecular weight is 328 g/mol. The van der Waals surface area contributed by atoms with E-state index in [2.05, 4.69) is 0 Å². The van der Waals surface area contributed by atoms with Crippen LogP contribution in [0.4, 0.5) is 0 Å². The average Bonchev–Trinajstić information content (AvgIpc) is 2.95. The minimum Gasteiger partial charge on any atom is -0.491 e. The fourth-order valence-corrected chi connectivity index (χ4v) is 2.64. The normalized spacial score (nSPS) is 11.1. The lowest BCUT2D eigenvalue weighted by molar-refractivity contribution is -0.142. The molecular weight excluding hydrogens is 308 g/mol. The zero-order valence-electron chi connectivity index (χ0n) is 13.8. The molecule has 0 fully saturated rings. The predicted octanol–water partition coefficient (Wildman–Crippen LogP) is 3.72. The van der Waals surface area contributed by atoms with Gasteiger partial charge in [0, 0.05) is 18.1 Å². The van der Waals surface area contributed by atoms with E-state index in [0.717, 1.165) is 33.1 Å². The predicted molar refractivity (Wildman–Crippen MR) is 91.4 cm³/mol. The molecule has 1 heterocycles. The number of methoxy groups -OCH3 is 1. The molecule has 0 unspecified atom stereocenters. The highest BCUT2D eigenvalue weighted by Gasteiger charge is 2.12. The topological polar surface area (TPSA) is 57.9 Å². The smallest absolute Gasteiger partial charge is 0.310 e. The van der Waals surface area contributed by atoms with Crippen LogP contribution in [0.3, 0.4) is 0 Å². The Balaban J connectivity index is 1.91. The van der Waals surface area contributed by atoms with Gasteiger partial charge >= 0.3 is 5.97 Å². The number of hydrogen-bond acceptors (Lipinski definition) is 5. The third-order valence-electron chi connectivity index (χ3n) is 3.78. The number of hydrogen-bond donors (Lipinski definition) is 0. The van der Waals surface area contributed by atoms with Crippen LogP contribution < -0.4 is 4.74 Å². The molecule has 0 N–H and O–H groups in total. The van der Waals surface area contributed by atoms with Gasteiger partial charge in [-0.1, -0.05) is 6.07 Å². The third-order valence-corrected chi connectivity index (χ3v) is 3.78. The lowest BCUT2D eigenvalue weighted by Gasteiger charge is -2.07. The van der Waals surface area contributed by atoms with Gasteiger partial charge in [-0.3, -0.25) is 4.79 Å². The van der Waals surface area contributed by atoms with Gasteiger partial charge in [0.25, 0.3) is 0 Å². The van der Waals surface area contributed by atoms with Crippen LogP contribution in [0.5, 0.6) is 5.75 Å². The first-order valence-corrected chi connectivity index (χ1v) is 7.92. The zero-order valence-corrected chi connectivity index (χ0v) is 13.8. The Morgan fingerprint density at radius 2 is 2.00 bits per heavy atom. The van der Waals surface area contributed by atoms with Gasteiger partial charge in [0.05, 0.1) is 25.9 Å². The summed E-state index contributed by atoms with van der Waals surface area (Å²) in [6.45, 7) is 3.22. The van der Waals surface area contributed by atoms with Crippen LogP contribution in [0, 0.1) is 0 Å². The molecule has 0 aliphatic heterocycles. The molecule has 3 rings (SSSR count). The first-order valence-electron chi connectivity index (χ1n) is 7.92. The quantitative estimate of drug-likeness (QED) is 0.489. The molecule has 0 bridgehead atoms. The lowest BCUT2D eigenvalue weighted by atomic mass is 10.0. The summed E-state index contributed by atoms with van der Waals surface area (Å²) in [7, 11) is 1.64. The second kappa shape index (κ2) is 7.36. The molecule has 0 saturated carbocycles. The number of esters is 1. The van der Waals surface area contributed by atoms with E-state index in [1.807, 2.05) is 30.3 Å². The number of carbonyl (C=O) groups is 1. The highest BCUT2D eigenvalue weighted by atomic mass is 16.5. The molecule has 2 aromatic carbocycles. The summed E-state index contributed by atoms with van der Waals surface area (Å²) in [5.41, 5.74) is 1.59. The van der Waals surface area contributed by atoms with Crippen LogP contribution in [0.15, 0.2) is 41.0 Å². The number of furan rings is 1. The van der Waals surface area contributed by atoms with Crippen molar-refractivity contribution in [2.24, 2.45) is 0 Å². The number of fused-ring (bicyclic) bond motifs is 2. The SMILES string of the molecule is CCOC(=O)Cc1coc2cc3ccc(OCCOC)cc3cc12. The van der Waals surface area contributed by atoms with Gasteiger partial charge in [0.2, 0.25) is 0 Å². The van der Waals surface area contributed by atoms with Crippen molar-refractivity contribution in [3.05, 3.63) is 42.2 Å². The van der Waals surface area contributed by atoms with Gasteiger partial charge in [-0.05, 0) is 42.0 Å². The molecular formula is C19H20O5. The molecule has 0 atom stereocenters. The van der Waals surface area contributed by atoms with E-state index in [0.29, 0.717) is 19.8 Å². The summed E-state index contributed by atoms with van der Waals surface area (Å²) in [5.74, 6) is 0.534. The number of rotatable bonds is 7. The zero-order chi connectivity index (χ0) is 16.9. The highest BCUT2D eigenvalue weighted by molar-refractivity contribution is 5.98. The summed E-state index contributed by atoms with van der Waals surface area (Å²) in [6.07, 6.45) is 1.83. The van der Waals surface area contributed by atoms with Crippen molar-refractivity contribution in [2.45, 2.75) is 13.3 Å². The number of carbonyl (C=O) groups excluding carboxylic acids is 1. The maximum atomic E-state index is 11.7. The van der Waals surface area contributed by atoms with E-state index in [-0.39, 0.29) is 12.4 Å². The number of benzene rings is 2. The maximum Gasteiger partial charge on any atom is 0.310 e. The maximum absolute atomic E-state index is 11.7. The molecule has 0 saturated heterocycles. The van der Waals surface area contributed by atoms with E-state index >= 15 is 0 Å². The van der Waals surface area contributed by atoms with Crippen molar-refractivity contribution in [3.8, 4) is 5.75 Å². The van der Waals surface area contributed by atoms with Crippen molar-refractivity contribution >= 4 is 27.7 Å². The van der Waals surface area contributed by atoms with Crippen molar-refractivity contribution in [1.29, 1.82) is 0 Å². The number of ether oxygens (including phenoxy) is 3. The Morgan fingerprint density at radius 1 is 1.12 bits per heavy atom. The molecule has 0 amide bonds. The van der Waals surface area contributed by atoms with Gasteiger partial charge in [0.15, 0.2) is 0 Å². The van der Waals surface area contributed by atoms with Crippen molar-refractivity contribution in [1.82, 2.24) is 0 Å². The Bertz CT molecular complexity index is 849. The molecule has 5 heteroatoms. The van der Waals surface area contributed by atoms with Crippen LogP contribution in [-0.2, 0) is 20.7 Å².